The summed E-state index contributed by atoms with van der Waals surface area (Å²) in [6.45, 7) is 8.23. The van der Waals surface area contributed by atoms with Crippen molar-refractivity contribution >= 4 is 82.5 Å². The molecule has 8 atom stereocenters. The second kappa shape index (κ2) is 37.1. The molecule has 3 heterocycles. The van der Waals surface area contributed by atoms with Gasteiger partial charge in [0.05, 0.1) is 36.6 Å². The van der Waals surface area contributed by atoms with Gasteiger partial charge in [-0.2, -0.15) is 13.2 Å². The van der Waals surface area contributed by atoms with Gasteiger partial charge >= 0.3 is 6.18 Å². The van der Waals surface area contributed by atoms with E-state index in [1.165, 1.54) is 77.8 Å². The van der Waals surface area contributed by atoms with Crippen molar-refractivity contribution < 1.29 is 70.7 Å². The van der Waals surface area contributed by atoms with Crippen LogP contribution in [0.15, 0.2) is 18.2 Å². The van der Waals surface area contributed by atoms with Gasteiger partial charge in [0.1, 0.15) is 47.8 Å². The van der Waals surface area contributed by atoms with Crippen LogP contribution in [0.5, 0.6) is 0 Å². The number of nitrogens with one attached hydrogen (secondary N) is 3. The fourth-order valence-corrected chi connectivity index (χ4v) is 16.3. The van der Waals surface area contributed by atoms with Crippen molar-refractivity contribution in [1.82, 2.24) is 60.0 Å². The summed E-state index contributed by atoms with van der Waals surface area (Å²) in [4.78, 5) is 192. The van der Waals surface area contributed by atoms with Crippen LogP contribution in [0.3, 0.4) is 0 Å². The summed E-state index contributed by atoms with van der Waals surface area (Å²) in [5, 5.41) is 8.24. The number of carbonyl (C=O) groups excluding carboxylic acids is 12. The van der Waals surface area contributed by atoms with E-state index in [1.54, 1.807) is 18.7 Å². The number of benzene rings is 1. The van der Waals surface area contributed by atoms with Gasteiger partial charge < -0.3 is 60.0 Å². The normalized spacial score (nSPS) is 26.6. The van der Waals surface area contributed by atoms with Gasteiger partial charge in [0.2, 0.25) is 70.9 Å². The van der Waals surface area contributed by atoms with E-state index >= 15 is 28.8 Å². The van der Waals surface area contributed by atoms with Gasteiger partial charge in [-0.1, -0.05) is 116 Å². The Hall–Kier alpha value is -7.06. The molecule has 1 aromatic rings. The van der Waals surface area contributed by atoms with Crippen LogP contribution in [0, 0.1) is 23.7 Å². The molecule has 3 aliphatic carbocycles. The van der Waals surface area contributed by atoms with Gasteiger partial charge in [-0.3, -0.25) is 57.5 Å². The van der Waals surface area contributed by atoms with Gasteiger partial charge in [0.25, 0.3) is 0 Å². The van der Waals surface area contributed by atoms with Crippen molar-refractivity contribution in [3.63, 3.8) is 0 Å². The fraction of sp³-hybridized carbons (Fsp3) is 0.757. The Kier molecular flexibility index (Phi) is 29.9. The van der Waals surface area contributed by atoms with Crippen LogP contribution < -0.4 is 16.0 Å². The smallest absolute Gasteiger partial charge is 0.343 e. The van der Waals surface area contributed by atoms with E-state index in [0.29, 0.717) is 70.0 Å². The molecular formula is C74H114ClF3N12O12. The van der Waals surface area contributed by atoms with Gasteiger partial charge in [-0.05, 0) is 132 Å². The summed E-state index contributed by atoms with van der Waals surface area (Å²) >= 11 is 6.17. The SMILES string of the molecule is CC[C@H](C)[C@@H]1NC(=O)[C@H](CC(C)C)N(C)C(=O)C[C@@H](C(=O)N2CCCCC2)N(C)C(=O)[C@H](C2CCCCC2)N(C)C(=O)C2(CCCC2)NC(=O)C2CCCN2C(=O)[C@H](CCc2ccc(C(F)(F)F)c(Cl)c2)NC(=O)CN(C)C(=O)[C@H](CC2CCCCC2)N(C)C(=O)CN(C)C(=O)CN(CC)C1=O. The molecule has 12 amide bonds. The summed E-state index contributed by atoms with van der Waals surface area (Å²) in [5.74, 6) is -8.60. The number of likely N-dealkylation sites (tertiary alicyclic amines) is 1. The van der Waals surface area contributed by atoms with E-state index < -0.39 is 173 Å². The van der Waals surface area contributed by atoms with E-state index in [1.807, 2.05) is 20.8 Å². The summed E-state index contributed by atoms with van der Waals surface area (Å²) in [5.41, 5.74) is -2.33. The van der Waals surface area contributed by atoms with Crippen molar-refractivity contribution in [3.8, 4) is 0 Å². The number of nitrogens with zero attached hydrogens (tertiary/aromatic N) is 9. The number of likely N-dealkylation sites (N-methyl/N-ethyl adjacent to an activating group) is 7. The molecule has 0 radical (unpaired) electrons. The predicted octanol–water partition coefficient (Wildman–Crippen LogP) is 6.81. The lowest BCUT2D eigenvalue weighted by Gasteiger charge is -2.43. The number of hydrogen-bond donors (Lipinski definition) is 3. The topological polar surface area (TPSA) is 270 Å². The molecule has 6 fully saturated rings. The van der Waals surface area contributed by atoms with E-state index in [-0.39, 0.29) is 69.9 Å². The van der Waals surface area contributed by atoms with Crippen LogP contribution in [-0.2, 0) is 70.1 Å². The Morgan fingerprint density at radius 3 is 1.84 bits per heavy atom. The first-order valence-corrected chi connectivity index (χ1v) is 37.8. The minimum absolute atomic E-state index is 0.0180. The Balaban J connectivity index is 1.30. The number of alkyl halides is 3. The van der Waals surface area contributed by atoms with Crippen LogP contribution >= 0.6 is 11.6 Å². The summed E-state index contributed by atoms with van der Waals surface area (Å²) in [6.07, 6.45) is 7.14. The molecule has 570 valence electrons. The maximum Gasteiger partial charge on any atom is 0.417 e. The standard InChI is InChI=1S/C74H114ClF3N12O12/c1-12-48(5)63-70(100)88(13-2)46-61(93)82(6)45-62(94)85(9)57(42-49-26-17-14-18-27-49)68(98)83(7)44-59(91)79-54(34-32-50-31-33-52(53(75)41-50)74(76,77)78)67(97)90-39-25-30-55(90)66(96)81-73(35-21-22-36-73)72(102)87(11)64(51-28-19-15-20-29-51)71(101)86(10)58(69(99)89-37-23-16-24-38-89)43-60(92)84(8)56(40-47(3)4)65(95)80-63/h31,33,41,47-49,51,54-58,63-64H,12-30,32,34-40,42-46H2,1-11H3,(H,79,91)(H,80,95)(H,81,96)/t48-,54-,55?,56-,57-,58-,63-,64-/m0/s1. The van der Waals surface area contributed by atoms with Gasteiger partial charge in [-0.25, -0.2) is 0 Å². The van der Waals surface area contributed by atoms with E-state index in [2.05, 4.69) is 16.0 Å². The molecule has 0 aromatic heterocycles. The molecule has 1 unspecified atom stereocenters. The van der Waals surface area contributed by atoms with E-state index in [0.717, 1.165) is 79.7 Å². The Labute approximate surface area is 605 Å². The average Bonchev–Trinajstić information content (AvgIpc) is 1.28. The quantitative estimate of drug-likeness (QED) is 0.195. The lowest BCUT2D eigenvalue weighted by atomic mass is 9.81. The Morgan fingerprint density at radius 1 is 0.627 bits per heavy atom. The van der Waals surface area contributed by atoms with Crippen LogP contribution in [-0.4, -0.2) is 251 Å². The molecular weight excluding hydrogens is 1340 g/mol. The Bertz CT molecular complexity index is 3150. The highest BCUT2D eigenvalue weighted by molar-refractivity contribution is 6.31. The second-order valence-corrected chi connectivity index (χ2v) is 30.7. The zero-order chi connectivity index (χ0) is 75.1. The summed E-state index contributed by atoms with van der Waals surface area (Å²) in [7, 11) is 8.67. The number of amides is 12. The zero-order valence-corrected chi connectivity index (χ0v) is 62.9. The van der Waals surface area contributed by atoms with Crippen molar-refractivity contribution in [2.45, 2.75) is 249 Å². The molecule has 1 aromatic carbocycles. The predicted molar refractivity (Wildman–Crippen MR) is 378 cm³/mol. The number of piperidine rings is 1. The molecule has 102 heavy (non-hydrogen) atoms. The third-order valence-corrected chi connectivity index (χ3v) is 22.9. The Morgan fingerprint density at radius 2 is 1.25 bits per heavy atom. The molecule has 3 saturated carbocycles. The minimum atomic E-state index is -4.76. The molecule has 0 bridgehead atoms. The molecule has 3 N–H and O–H groups in total. The first kappa shape index (κ1) is 82.2. The number of rotatable bonds is 12. The van der Waals surface area contributed by atoms with Crippen LogP contribution in [0.1, 0.15) is 200 Å². The number of hydrogen-bond acceptors (Lipinski definition) is 12. The van der Waals surface area contributed by atoms with Crippen molar-refractivity contribution in [3.05, 3.63) is 34.3 Å². The highest BCUT2D eigenvalue weighted by Crippen LogP contribution is 2.39. The lowest BCUT2D eigenvalue weighted by molar-refractivity contribution is -0.157. The number of halogens is 4. The van der Waals surface area contributed by atoms with Crippen LogP contribution in [0.4, 0.5) is 13.2 Å². The van der Waals surface area contributed by atoms with Crippen LogP contribution in [0.2, 0.25) is 5.02 Å². The highest BCUT2D eigenvalue weighted by atomic mass is 35.5. The third kappa shape index (κ3) is 20.7. The van der Waals surface area contributed by atoms with Gasteiger partial charge in [0.15, 0.2) is 0 Å². The van der Waals surface area contributed by atoms with Crippen molar-refractivity contribution in [2.24, 2.45) is 23.7 Å². The number of fused-ring (bicyclic) bond motifs is 1. The van der Waals surface area contributed by atoms with Gasteiger partial charge in [-0.15, -0.1) is 0 Å². The first-order valence-electron chi connectivity index (χ1n) is 37.4. The largest absolute Gasteiger partial charge is 0.417 e. The lowest BCUT2D eigenvalue weighted by Crippen LogP contribution is -2.65. The van der Waals surface area contributed by atoms with E-state index in [9.17, 15) is 41.9 Å². The number of carbonyl (C=O) groups is 12. The van der Waals surface area contributed by atoms with E-state index in [4.69, 9.17) is 11.6 Å². The molecule has 6 aliphatic rings. The summed E-state index contributed by atoms with van der Waals surface area (Å²) < 4.78 is 41.7. The monoisotopic (exact) mass is 1450 g/mol. The molecule has 1 spiro atoms. The molecule has 3 saturated heterocycles. The molecule has 3 aliphatic heterocycles. The highest BCUT2D eigenvalue weighted by Gasteiger charge is 2.52. The summed E-state index contributed by atoms with van der Waals surface area (Å²) in [6, 6.07) is -5.51. The maximum atomic E-state index is 15.8. The second-order valence-electron chi connectivity index (χ2n) is 30.3. The molecule has 28 heteroatoms. The average molecular weight is 1460 g/mol. The first-order chi connectivity index (χ1) is 48.2. The third-order valence-electron chi connectivity index (χ3n) is 22.6. The van der Waals surface area contributed by atoms with Crippen LogP contribution in [0.25, 0.3) is 0 Å². The fourth-order valence-electron chi connectivity index (χ4n) is 16.0. The molecule has 7 rings (SSSR count). The minimum Gasteiger partial charge on any atom is -0.343 e. The van der Waals surface area contributed by atoms with Crippen molar-refractivity contribution in [2.75, 3.05) is 88.1 Å². The maximum absolute atomic E-state index is 15.8. The number of aryl methyl sites for hydroxylation is 1. The molecule has 24 nitrogen and oxygen atoms in total. The zero-order valence-electron chi connectivity index (χ0n) is 62.1. The van der Waals surface area contributed by atoms with Crippen molar-refractivity contribution in [1.29, 1.82) is 0 Å². The van der Waals surface area contributed by atoms with Gasteiger partial charge in [0, 0.05) is 68.5 Å².